The minimum absolute atomic E-state index is 0.881. The van der Waals surface area contributed by atoms with Crippen LogP contribution in [0.2, 0.25) is 0 Å². The first-order valence-electron chi connectivity index (χ1n) is 3.74. The molecule has 1 heterocycles. The molecule has 0 atom stereocenters. The van der Waals surface area contributed by atoms with Crippen molar-refractivity contribution >= 4 is 22.0 Å². The highest BCUT2D eigenvalue weighted by molar-refractivity contribution is 9.10. The van der Waals surface area contributed by atoms with Crippen molar-refractivity contribution in [2.75, 3.05) is 13.6 Å². The number of hydrogen-bond donors (Lipinski definition) is 1. The topological polar surface area (TPSA) is 24.9 Å². The molecule has 1 aromatic rings. The number of pyridine rings is 1. The minimum atomic E-state index is 0.881. The maximum absolute atomic E-state index is 4.04. The van der Waals surface area contributed by atoms with E-state index < -0.39 is 0 Å². The average molecular weight is 227 g/mol. The molecule has 2 nitrogen and oxygen atoms in total. The molecule has 0 bridgehead atoms. The van der Waals surface area contributed by atoms with Gasteiger partial charge in [0.2, 0.25) is 0 Å². The quantitative estimate of drug-likeness (QED) is 0.854. The van der Waals surface area contributed by atoms with Gasteiger partial charge in [0.25, 0.3) is 0 Å². The fourth-order valence-electron chi connectivity index (χ4n) is 0.832. The number of likely N-dealkylation sites (N-methyl/N-ethyl adjacent to an activating group) is 1. The molecule has 0 aliphatic carbocycles. The van der Waals surface area contributed by atoms with Crippen molar-refractivity contribution in [3.05, 3.63) is 34.6 Å². The lowest BCUT2D eigenvalue weighted by Gasteiger charge is -1.93. The molecular weight excluding hydrogens is 216 g/mol. The Labute approximate surface area is 80.8 Å². The Morgan fingerprint density at radius 3 is 3.08 bits per heavy atom. The van der Waals surface area contributed by atoms with Gasteiger partial charge in [-0.25, -0.2) is 0 Å². The van der Waals surface area contributed by atoms with Crippen LogP contribution in [0.5, 0.6) is 0 Å². The fourth-order valence-corrected chi connectivity index (χ4v) is 1.21. The van der Waals surface area contributed by atoms with Crippen LogP contribution in [0.4, 0.5) is 0 Å². The highest BCUT2D eigenvalue weighted by Gasteiger charge is 1.88. The Morgan fingerprint density at radius 2 is 2.42 bits per heavy atom. The Bertz CT molecular complexity index is 271. The van der Waals surface area contributed by atoms with E-state index in [1.807, 2.05) is 25.4 Å². The van der Waals surface area contributed by atoms with Gasteiger partial charge in [-0.15, -0.1) is 0 Å². The summed E-state index contributed by atoms with van der Waals surface area (Å²) in [6.07, 6.45) is 7.70. The van der Waals surface area contributed by atoms with Gasteiger partial charge in [-0.2, -0.15) is 0 Å². The van der Waals surface area contributed by atoms with E-state index >= 15 is 0 Å². The lowest BCUT2D eigenvalue weighted by Crippen LogP contribution is -2.03. The molecule has 0 radical (unpaired) electrons. The second kappa shape index (κ2) is 5.06. The molecule has 0 fully saturated rings. The highest BCUT2D eigenvalue weighted by atomic mass is 79.9. The van der Waals surface area contributed by atoms with E-state index in [0.29, 0.717) is 0 Å². The first-order chi connectivity index (χ1) is 5.83. The van der Waals surface area contributed by atoms with E-state index in [0.717, 1.165) is 16.6 Å². The largest absolute Gasteiger partial charge is 0.316 e. The van der Waals surface area contributed by atoms with Gasteiger partial charge in [0.15, 0.2) is 0 Å². The molecule has 1 rings (SSSR count). The molecule has 0 aliphatic heterocycles. The standard InChI is InChI=1S/C9H11BrN2/c1-11-4-2-3-8-5-9(10)7-12-6-8/h2-3,5-7,11H,4H2,1H3. The second-order valence-corrected chi connectivity index (χ2v) is 3.31. The minimum Gasteiger partial charge on any atom is -0.316 e. The molecular formula is C9H11BrN2. The summed E-state index contributed by atoms with van der Waals surface area (Å²) in [6.45, 7) is 0.881. The van der Waals surface area contributed by atoms with Gasteiger partial charge >= 0.3 is 0 Å². The number of halogens is 1. The predicted molar refractivity (Wildman–Crippen MR) is 54.9 cm³/mol. The Hall–Kier alpha value is -0.670. The summed E-state index contributed by atoms with van der Waals surface area (Å²) in [5.41, 5.74) is 1.11. The van der Waals surface area contributed by atoms with Crippen LogP contribution in [0.25, 0.3) is 6.08 Å². The molecule has 0 unspecified atom stereocenters. The molecule has 12 heavy (non-hydrogen) atoms. The monoisotopic (exact) mass is 226 g/mol. The summed E-state index contributed by atoms with van der Waals surface area (Å²) in [6, 6.07) is 2.03. The third-order valence-electron chi connectivity index (χ3n) is 1.36. The van der Waals surface area contributed by atoms with Crippen LogP contribution in [0.15, 0.2) is 29.0 Å². The zero-order valence-corrected chi connectivity index (χ0v) is 8.51. The van der Waals surface area contributed by atoms with E-state index in [1.165, 1.54) is 0 Å². The summed E-state index contributed by atoms with van der Waals surface area (Å²) in [5, 5.41) is 3.03. The molecule has 3 heteroatoms. The molecule has 64 valence electrons. The lowest BCUT2D eigenvalue weighted by molar-refractivity contribution is 0.922. The molecule has 0 saturated heterocycles. The summed E-state index contributed by atoms with van der Waals surface area (Å²) in [7, 11) is 1.92. The SMILES string of the molecule is CNCC=Cc1cncc(Br)c1. The van der Waals surface area contributed by atoms with Crippen LogP contribution in [0.1, 0.15) is 5.56 Å². The summed E-state index contributed by atoms with van der Waals surface area (Å²) in [5.74, 6) is 0. The molecule has 0 aliphatic rings. The number of nitrogens with one attached hydrogen (secondary N) is 1. The number of rotatable bonds is 3. The van der Waals surface area contributed by atoms with E-state index in [2.05, 4.69) is 32.3 Å². The Balaban J connectivity index is 2.63. The second-order valence-electron chi connectivity index (χ2n) is 2.40. The van der Waals surface area contributed by atoms with Crippen LogP contribution >= 0.6 is 15.9 Å². The average Bonchev–Trinajstić information content (AvgIpc) is 2.05. The third kappa shape index (κ3) is 3.15. The molecule has 0 saturated carbocycles. The molecule has 1 N–H and O–H groups in total. The first kappa shape index (κ1) is 9.42. The summed E-state index contributed by atoms with van der Waals surface area (Å²) < 4.78 is 1.01. The number of nitrogens with zero attached hydrogens (tertiary/aromatic N) is 1. The molecule has 0 aromatic carbocycles. The van der Waals surface area contributed by atoms with E-state index in [1.54, 1.807) is 6.20 Å². The Morgan fingerprint density at radius 1 is 1.58 bits per heavy atom. The van der Waals surface area contributed by atoms with Gasteiger partial charge in [-0.1, -0.05) is 12.2 Å². The third-order valence-corrected chi connectivity index (χ3v) is 1.79. The van der Waals surface area contributed by atoms with Gasteiger partial charge in [0.1, 0.15) is 0 Å². The summed E-state index contributed by atoms with van der Waals surface area (Å²) in [4.78, 5) is 4.04. The maximum atomic E-state index is 4.04. The van der Waals surface area contributed by atoms with Crippen molar-refractivity contribution in [3.63, 3.8) is 0 Å². The van der Waals surface area contributed by atoms with Gasteiger partial charge in [0, 0.05) is 23.4 Å². The van der Waals surface area contributed by atoms with Crippen LogP contribution in [0.3, 0.4) is 0 Å². The van der Waals surface area contributed by atoms with Crippen molar-refractivity contribution < 1.29 is 0 Å². The van der Waals surface area contributed by atoms with Crippen molar-refractivity contribution in [1.82, 2.24) is 10.3 Å². The zero-order chi connectivity index (χ0) is 8.81. The van der Waals surface area contributed by atoms with Crippen molar-refractivity contribution in [1.29, 1.82) is 0 Å². The molecule has 0 amide bonds. The lowest BCUT2D eigenvalue weighted by atomic mass is 10.2. The normalized spacial score (nSPS) is 10.8. The smallest absolute Gasteiger partial charge is 0.0410 e. The van der Waals surface area contributed by atoms with E-state index in [4.69, 9.17) is 0 Å². The molecule has 1 aromatic heterocycles. The van der Waals surface area contributed by atoms with Crippen molar-refractivity contribution in [2.45, 2.75) is 0 Å². The fraction of sp³-hybridized carbons (Fsp3) is 0.222. The first-order valence-corrected chi connectivity index (χ1v) is 4.54. The van der Waals surface area contributed by atoms with Crippen LogP contribution in [-0.2, 0) is 0 Å². The highest BCUT2D eigenvalue weighted by Crippen LogP contribution is 2.10. The van der Waals surface area contributed by atoms with E-state index in [-0.39, 0.29) is 0 Å². The van der Waals surface area contributed by atoms with Gasteiger partial charge in [-0.3, -0.25) is 4.98 Å². The summed E-state index contributed by atoms with van der Waals surface area (Å²) >= 11 is 3.36. The van der Waals surface area contributed by atoms with Gasteiger partial charge in [0.05, 0.1) is 0 Å². The Kier molecular flexibility index (Phi) is 3.97. The van der Waals surface area contributed by atoms with Crippen LogP contribution in [0, 0.1) is 0 Å². The zero-order valence-electron chi connectivity index (χ0n) is 6.92. The number of aromatic nitrogens is 1. The van der Waals surface area contributed by atoms with Crippen molar-refractivity contribution in [2.24, 2.45) is 0 Å². The number of hydrogen-bond acceptors (Lipinski definition) is 2. The van der Waals surface area contributed by atoms with Gasteiger partial charge in [-0.05, 0) is 34.6 Å². The van der Waals surface area contributed by atoms with E-state index in [9.17, 15) is 0 Å². The van der Waals surface area contributed by atoms with Gasteiger partial charge < -0.3 is 5.32 Å². The maximum Gasteiger partial charge on any atom is 0.0410 e. The van der Waals surface area contributed by atoms with Crippen LogP contribution < -0.4 is 5.32 Å². The molecule has 0 spiro atoms. The van der Waals surface area contributed by atoms with Crippen molar-refractivity contribution in [3.8, 4) is 0 Å². The van der Waals surface area contributed by atoms with Crippen LogP contribution in [-0.4, -0.2) is 18.6 Å². The predicted octanol–water partition coefficient (Wildman–Crippen LogP) is 2.08.